The number of aliphatic imine (C=N–C) groups is 1. The number of hydrogen-bond donors (Lipinski definition) is 1. The minimum Gasteiger partial charge on any atom is -0.493 e. The predicted octanol–water partition coefficient (Wildman–Crippen LogP) is 5.17. The number of aromatic carboxylic acids is 1. The van der Waals surface area contributed by atoms with E-state index in [4.69, 9.17) is 9.84 Å². The van der Waals surface area contributed by atoms with E-state index in [0.29, 0.717) is 34.7 Å². The van der Waals surface area contributed by atoms with E-state index < -0.39 is 5.97 Å². The zero-order valence-electron chi connectivity index (χ0n) is 15.9. The number of carbonyl (C=O) groups is 2. The average molecular weight is 475 g/mol. The first-order valence-corrected chi connectivity index (χ1v) is 10.6. The number of halogens is 1. The largest absolute Gasteiger partial charge is 0.493 e. The van der Waals surface area contributed by atoms with Gasteiger partial charge in [0.05, 0.1) is 22.8 Å². The van der Waals surface area contributed by atoms with Gasteiger partial charge in [-0.05, 0) is 74.1 Å². The summed E-state index contributed by atoms with van der Waals surface area (Å²) in [7, 11) is 0. The summed E-state index contributed by atoms with van der Waals surface area (Å²) in [5.41, 5.74) is 1.58. The molecule has 1 aliphatic heterocycles. The smallest absolute Gasteiger partial charge is 0.335 e. The molecule has 1 fully saturated rings. The minimum atomic E-state index is -0.992. The van der Waals surface area contributed by atoms with Gasteiger partial charge in [-0.3, -0.25) is 9.69 Å². The Hall–Kier alpha value is -2.58. The maximum absolute atomic E-state index is 12.9. The van der Waals surface area contributed by atoms with Crippen molar-refractivity contribution < 1.29 is 19.4 Å². The maximum Gasteiger partial charge on any atom is 0.335 e. The SMILES string of the molecule is CCOc1ccc(Br)cc1/C=C1\SC(=Nc2ccc(C(=O)O)cc2)N(CC)C1=O. The van der Waals surface area contributed by atoms with E-state index in [9.17, 15) is 9.59 Å². The monoisotopic (exact) mass is 474 g/mol. The number of carboxylic acid groups (broad SMARTS) is 1. The second-order valence-corrected chi connectivity index (χ2v) is 7.95. The highest BCUT2D eigenvalue weighted by molar-refractivity contribution is 9.10. The number of thioether (sulfide) groups is 1. The molecule has 0 aromatic heterocycles. The van der Waals surface area contributed by atoms with Crippen LogP contribution >= 0.6 is 27.7 Å². The molecule has 0 saturated carbocycles. The van der Waals surface area contributed by atoms with Crippen molar-refractivity contribution in [1.82, 2.24) is 4.90 Å². The Kier molecular flexibility index (Phi) is 6.76. The van der Waals surface area contributed by atoms with E-state index >= 15 is 0 Å². The fourth-order valence-corrected chi connectivity index (χ4v) is 4.15. The van der Waals surface area contributed by atoms with Gasteiger partial charge in [0.25, 0.3) is 5.91 Å². The van der Waals surface area contributed by atoms with Gasteiger partial charge < -0.3 is 9.84 Å². The molecular weight excluding hydrogens is 456 g/mol. The number of carbonyl (C=O) groups excluding carboxylic acids is 1. The van der Waals surface area contributed by atoms with Gasteiger partial charge in [0.2, 0.25) is 0 Å². The summed E-state index contributed by atoms with van der Waals surface area (Å²) in [5, 5.41) is 9.57. The molecule has 2 aromatic carbocycles. The van der Waals surface area contributed by atoms with Crippen LogP contribution in [0.3, 0.4) is 0 Å². The Balaban J connectivity index is 1.94. The molecule has 29 heavy (non-hydrogen) atoms. The molecule has 0 atom stereocenters. The molecule has 150 valence electrons. The van der Waals surface area contributed by atoms with Crippen molar-refractivity contribution in [3.8, 4) is 5.75 Å². The first-order valence-electron chi connectivity index (χ1n) is 8.98. The molecule has 1 heterocycles. The average Bonchev–Trinajstić information content (AvgIpc) is 2.98. The third kappa shape index (κ3) is 4.89. The molecule has 8 heteroatoms. The molecule has 1 N–H and O–H groups in total. The van der Waals surface area contributed by atoms with Crippen molar-refractivity contribution in [2.75, 3.05) is 13.2 Å². The second kappa shape index (κ2) is 9.28. The maximum atomic E-state index is 12.9. The van der Waals surface area contributed by atoms with E-state index in [2.05, 4.69) is 20.9 Å². The number of nitrogens with zero attached hydrogens (tertiary/aromatic N) is 2. The normalized spacial score (nSPS) is 16.7. The first kappa shape index (κ1) is 21.1. The highest BCUT2D eigenvalue weighted by atomic mass is 79.9. The van der Waals surface area contributed by atoms with Gasteiger partial charge in [-0.1, -0.05) is 15.9 Å². The summed E-state index contributed by atoms with van der Waals surface area (Å²) in [4.78, 5) is 30.5. The quantitative estimate of drug-likeness (QED) is 0.584. The van der Waals surface area contributed by atoms with Crippen LogP contribution in [0.1, 0.15) is 29.8 Å². The van der Waals surface area contributed by atoms with Gasteiger partial charge in [-0.25, -0.2) is 9.79 Å². The molecular formula is C21H19BrN2O4S. The third-order valence-corrected chi connectivity index (χ3v) is 5.60. The minimum absolute atomic E-state index is 0.124. The van der Waals surface area contributed by atoms with E-state index in [1.807, 2.05) is 38.1 Å². The van der Waals surface area contributed by atoms with Crippen LogP contribution in [-0.4, -0.2) is 40.2 Å². The van der Waals surface area contributed by atoms with E-state index in [1.165, 1.54) is 23.9 Å². The highest BCUT2D eigenvalue weighted by Gasteiger charge is 2.32. The highest BCUT2D eigenvalue weighted by Crippen LogP contribution is 2.36. The van der Waals surface area contributed by atoms with Gasteiger partial charge in [0.1, 0.15) is 5.75 Å². The van der Waals surface area contributed by atoms with Crippen LogP contribution in [0, 0.1) is 0 Å². The molecule has 0 radical (unpaired) electrons. The van der Waals surface area contributed by atoms with E-state index in [-0.39, 0.29) is 11.5 Å². The van der Waals surface area contributed by atoms with Crippen molar-refractivity contribution in [2.24, 2.45) is 4.99 Å². The van der Waals surface area contributed by atoms with Crippen LogP contribution in [0.5, 0.6) is 5.75 Å². The Labute approximate surface area is 181 Å². The summed E-state index contributed by atoms with van der Waals surface area (Å²) in [6.07, 6.45) is 1.81. The van der Waals surface area contributed by atoms with Crippen LogP contribution in [0.15, 0.2) is 56.8 Å². The summed E-state index contributed by atoms with van der Waals surface area (Å²) in [6.45, 7) is 4.80. The van der Waals surface area contributed by atoms with E-state index in [1.54, 1.807) is 17.0 Å². The van der Waals surface area contributed by atoms with Gasteiger partial charge in [-0.2, -0.15) is 0 Å². The summed E-state index contributed by atoms with van der Waals surface area (Å²) in [5.74, 6) is -0.413. The Bertz CT molecular complexity index is 1000. The van der Waals surface area contributed by atoms with Crippen molar-refractivity contribution in [1.29, 1.82) is 0 Å². The fraction of sp³-hybridized carbons (Fsp3) is 0.190. The van der Waals surface area contributed by atoms with Crippen molar-refractivity contribution in [3.63, 3.8) is 0 Å². The lowest BCUT2D eigenvalue weighted by Gasteiger charge is -2.12. The molecule has 1 saturated heterocycles. The molecule has 1 amide bonds. The molecule has 1 aliphatic rings. The van der Waals surface area contributed by atoms with Gasteiger partial charge in [-0.15, -0.1) is 0 Å². The zero-order chi connectivity index (χ0) is 21.0. The Morgan fingerprint density at radius 1 is 1.24 bits per heavy atom. The number of amidine groups is 1. The molecule has 2 aromatic rings. The number of rotatable bonds is 6. The summed E-state index contributed by atoms with van der Waals surface area (Å²) < 4.78 is 6.56. The Morgan fingerprint density at radius 2 is 1.97 bits per heavy atom. The van der Waals surface area contributed by atoms with Crippen LogP contribution in [-0.2, 0) is 4.79 Å². The number of carboxylic acids is 1. The van der Waals surface area contributed by atoms with Crippen molar-refractivity contribution >= 4 is 56.5 Å². The zero-order valence-corrected chi connectivity index (χ0v) is 18.3. The molecule has 0 spiro atoms. The van der Waals surface area contributed by atoms with Crippen LogP contribution in [0.4, 0.5) is 5.69 Å². The van der Waals surface area contributed by atoms with Crippen LogP contribution in [0.25, 0.3) is 6.08 Å². The molecule has 3 rings (SSSR count). The first-order chi connectivity index (χ1) is 13.9. The number of amides is 1. The standard InChI is InChI=1S/C21H19BrN2O4S/c1-3-24-19(25)18(12-14-11-15(22)7-10-17(14)28-4-2)29-21(24)23-16-8-5-13(6-9-16)20(26)27/h5-12H,3-4H2,1-2H3,(H,26,27)/b18-12-,23-21?. The Morgan fingerprint density at radius 3 is 2.59 bits per heavy atom. The van der Waals surface area contributed by atoms with Crippen LogP contribution in [0.2, 0.25) is 0 Å². The van der Waals surface area contributed by atoms with E-state index in [0.717, 1.165) is 10.0 Å². The lowest BCUT2D eigenvalue weighted by atomic mass is 10.2. The molecule has 0 unspecified atom stereocenters. The van der Waals surface area contributed by atoms with Crippen molar-refractivity contribution in [2.45, 2.75) is 13.8 Å². The lowest BCUT2D eigenvalue weighted by molar-refractivity contribution is -0.122. The lowest BCUT2D eigenvalue weighted by Crippen LogP contribution is -2.28. The van der Waals surface area contributed by atoms with Gasteiger partial charge >= 0.3 is 5.97 Å². The summed E-state index contributed by atoms with van der Waals surface area (Å²) >= 11 is 4.74. The number of hydrogen-bond acceptors (Lipinski definition) is 5. The van der Waals surface area contributed by atoms with Crippen molar-refractivity contribution in [3.05, 3.63) is 63.0 Å². The fourth-order valence-electron chi connectivity index (χ4n) is 2.72. The molecule has 0 aliphatic carbocycles. The third-order valence-electron chi connectivity index (χ3n) is 4.10. The van der Waals surface area contributed by atoms with Gasteiger partial charge in [0, 0.05) is 16.6 Å². The number of ether oxygens (including phenoxy) is 1. The summed E-state index contributed by atoms with van der Waals surface area (Å²) in [6, 6.07) is 11.9. The van der Waals surface area contributed by atoms with Crippen LogP contribution < -0.4 is 4.74 Å². The number of likely N-dealkylation sites (N-methyl/N-ethyl adjacent to an activating group) is 1. The molecule has 0 bridgehead atoms. The molecule has 6 nitrogen and oxygen atoms in total. The number of benzene rings is 2. The topological polar surface area (TPSA) is 79.2 Å². The predicted molar refractivity (Wildman–Crippen MR) is 119 cm³/mol. The second-order valence-electron chi connectivity index (χ2n) is 6.02. The van der Waals surface area contributed by atoms with Gasteiger partial charge in [0.15, 0.2) is 5.17 Å².